The molecule has 0 bridgehead atoms. The molecule has 0 spiro atoms. The Balaban J connectivity index is 2.90. The topological polar surface area (TPSA) is 80.1 Å². The van der Waals surface area contributed by atoms with E-state index in [2.05, 4.69) is 0 Å². The Morgan fingerprint density at radius 1 is 1.31 bits per heavy atom. The van der Waals surface area contributed by atoms with Crippen LogP contribution < -0.4 is 11.3 Å². The third kappa shape index (κ3) is 1.54. The van der Waals surface area contributed by atoms with Gasteiger partial charge in [-0.15, -0.1) is 0 Å². The average Bonchev–Trinajstić information content (AvgIpc) is 2.15. The number of amides is 1. The predicted octanol–water partition coefficient (Wildman–Crippen LogP) is 1.29. The second-order valence-electron chi connectivity index (χ2n) is 3.15. The molecule has 2 rings (SSSR count). The highest BCUT2D eigenvalue weighted by atomic mass is 19.1. The fourth-order valence-corrected chi connectivity index (χ4v) is 1.34. The second-order valence-corrected chi connectivity index (χ2v) is 3.15. The smallest absolute Gasteiger partial charge is 0.254 e. The van der Waals surface area contributed by atoms with Gasteiger partial charge in [-0.25, -0.2) is 8.78 Å². The maximum atomic E-state index is 13.3. The number of nitrogens with two attached hydrogens (primary N) is 1. The molecule has 1 aromatic heterocycles. The van der Waals surface area contributed by atoms with Crippen molar-refractivity contribution in [3.63, 3.8) is 0 Å². The molecule has 0 atom stereocenters. The van der Waals surface area contributed by atoms with E-state index >= 15 is 0 Å². The maximum absolute atomic E-state index is 13.3. The van der Waals surface area contributed by atoms with Crippen LogP contribution in [0, 0.1) is 17.0 Å². The Hall–Kier alpha value is -2.24. The summed E-state index contributed by atoms with van der Waals surface area (Å²) in [6.07, 6.45) is 0. The molecule has 1 amide bonds. The van der Waals surface area contributed by atoms with Crippen LogP contribution >= 0.6 is 0 Å². The van der Waals surface area contributed by atoms with Crippen molar-refractivity contribution < 1.29 is 18.0 Å². The third-order valence-electron chi connectivity index (χ3n) is 2.07. The first-order valence-electron chi connectivity index (χ1n) is 4.26. The maximum Gasteiger partial charge on any atom is 0.254 e. The van der Waals surface area contributed by atoms with Crippen molar-refractivity contribution in [1.29, 1.82) is 5.41 Å². The summed E-state index contributed by atoms with van der Waals surface area (Å²) in [4.78, 5) is 10.9. The van der Waals surface area contributed by atoms with Gasteiger partial charge < -0.3 is 10.2 Å². The lowest BCUT2D eigenvalue weighted by atomic mass is 10.1. The Bertz CT molecular complexity index is 649. The number of nitrogens with one attached hydrogen (secondary N) is 1. The first-order valence-corrected chi connectivity index (χ1v) is 4.26. The van der Waals surface area contributed by atoms with Crippen LogP contribution in [-0.2, 0) is 0 Å². The van der Waals surface area contributed by atoms with Gasteiger partial charge in [0, 0.05) is 12.1 Å². The molecule has 1 aromatic carbocycles. The predicted molar refractivity (Wildman–Crippen MR) is 50.5 cm³/mol. The molecule has 16 heavy (non-hydrogen) atoms. The number of hydrogen-bond acceptors (Lipinski definition) is 3. The summed E-state index contributed by atoms with van der Waals surface area (Å²) in [5, 5.41) is 7.22. The molecule has 0 fully saturated rings. The van der Waals surface area contributed by atoms with Crippen molar-refractivity contribution in [3.05, 3.63) is 41.0 Å². The fraction of sp³-hybridized carbons (Fsp3) is 0. The molecule has 0 aliphatic heterocycles. The van der Waals surface area contributed by atoms with Crippen LogP contribution in [-0.4, -0.2) is 5.91 Å². The minimum Gasteiger partial charge on any atom is -0.438 e. The Morgan fingerprint density at radius 3 is 2.62 bits per heavy atom. The number of hydrogen-bond donors (Lipinski definition) is 2. The molecule has 3 N–H and O–H groups in total. The van der Waals surface area contributed by atoms with Crippen molar-refractivity contribution in [3.8, 4) is 0 Å². The molecule has 2 aromatic rings. The molecule has 0 saturated heterocycles. The van der Waals surface area contributed by atoms with Crippen LogP contribution in [0.4, 0.5) is 8.78 Å². The van der Waals surface area contributed by atoms with Gasteiger partial charge in [0.05, 0.1) is 5.39 Å². The van der Waals surface area contributed by atoms with Gasteiger partial charge in [-0.05, 0) is 6.07 Å². The van der Waals surface area contributed by atoms with Gasteiger partial charge in [-0.1, -0.05) is 0 Å². The molecular formula is C10H6F2N2O2. The number of carbonyl (C=O) groups is 1. The Kier molecular flexibility index (Phi) is 2.19. The van der Waals surface area contributed by atoms with Crippen LogP contribution in [0.3, 0.4) is 0 Å². The number of benzene rings is 1. The van der Waals surface area contributed by atoms with Gasteiger partial charge in [-0.3, -0.25) is 10.2 Å². The largest absolute Gasteiger partial charge is 0.438 e. The second kappa shape index (κ2) is 3.41. The van der Waals surface area contributed by atoms with Crippen LogP contribution in [0.25, 0.3) is 11.0 Å². The van der Waals surface area contributed by atoms with E-state index in [-0.39, 0.29) is 16.5 Å². The number of primary amides is 1. The van der Waals surface area contributed by atoms with Crippen LogP contribution in [0.5, 0.6) is 0 Å². The van der Waals surface area contributed by atoms with E-state index in [0.29, 0.717) is 6.07 Å². The van der Waals surface area contributed by atoms with Crippen molar-refractivity contribution in [2.24, 2.45) is 5.73 Å². The van der Waals surface area contributed by atoms with E-state index in [1.165, 1.54) is 0 Å². The standard InChI is InChI=1S/C10H6F2N2O2/c11-4-1-7(12)5-3-6(9(13)15)10(14)16-8(5)2-4/h1-3,14H,(H2,13,15). The number of rotatable bonds is 1. The molecule has 0 aliphatic carbocycles. The van der Waals surface area contributed by atoms with E-state index in [0.717, 1.165) is 12.1 Å². The van der Waals surface area contributed by atoms with Crippen LogP contribution in [0.15, 0.2) is 22.6 Å². The highest BCUT2D eigenvalue weighted by Gasteiger charge is 2.12. The summed E-state index contributed by atoms with van der Waals surface area (Å²) in [5.41, 5.74) is 4.05. The third-order valence-corrected chi connectivity index (χ3v) is 2.07. The van der Waals surface area contributed by atoms with Crippen molar-refractivity contribution in [1.82, 2.24) is 0 Å². The molecule has 1 heterocycles. The number of fused-ring (bicyclic) bond motifs is 1. The molecule has 4 nitrogen and oxygen atoms in total. The van der Waals surface area contributed by atoms with E-state index in [1.807, 2.05) is 0 Å². The lowest BCUT2D eigenvalue weighted by Gasteiger charge is -2.01. The number of halogens is 2. The zero-order chi connectivity index (χ0) is 11.9. The Labute approximate surface area is 87.8 Å². The summed E-state index contributed by atoms with van der Waals surface area (Å²) < 4.78 is 30.9. The normalized spacial score (nSPS) is 10.6. The summed E-state index contributed by atoms with van der Waals surface area (Å²) >= 11 is 0. The van der Waals surface area contributed by atoms with Gasteiger partial charge in [0.15, 0.2) is 0 Å². The van der Waals surface area contributed by atoms with E-state index in [1.54, 1.807) is 0 Å². The van der Waals surface area contributed by atoms with Crippen LogP contribution in [0.2, 0.25) is 0 Å². The van der Waals surface area contributed by atoms with Crippen LogP contribution in [0.1, 0.15) is 10.4 Å². The lowest BCUT2D eigenvalue weighted by molar-refractivity contribution is 0.0996. The summed E-state index contributed by atoms with van der Waals surface area (Å²) in [5.74, 6) is -2.60. The van der Waals surface area contributed by atoms with E-state index in [9.17, 15) is 13.6 Å². The van der Waals surface area contributed by atoms with Crippen molar-refractivity contribution in [2.45, 2.75) is 0 Å². The molecule has 0 aliphatic rings. The zero-order valence-corrected chi connectivity index (χ0v) is 7.88. The minimum absolute atomic E-state index is 0.0915. The molecule has 0 unspecified atom stereocenters. The van der Waals surface area contributed by atoms with Gasteiger partial charge in [-0.2, -0.15) is 0 Å². The molecule has 0 saturated carbocycles. The lowest BCUT2D eigenvalue weighted by Crippen LogP contribution is -2.21. The number of carbonyl (C=O) groups excluding carboxylic acids is 1. The van der Waals surface area contributed by atoms with E-state index in [4.69, 9.17) is 15.6 Å². The minimum atomic E-state index is -0.903. The monoisotopic (exact) mass is 224 g/mol. The SMILES string of the molecule is N=c1oc2cc(F)cc(F)c2cc1C(N)=O. The summed E-state index contributed by atoms with van der Waals surface area (Å²) in [6, 6.07) is 2.66. The summed E-state index contributed by atoms with van der Waals surface area (Å²) in [6.45, 7) is 0. The van der Waals surface area contributed by atoms with Gasteiger partial charge in [0.25, 0.3) is 5.91 Å². The zero-order valence-electron chi connectivity index (χ0n) is 7.88. The van der Waals surface area contributed by atoms with E-state index < -0.39 is 23.1 Å². The molecule has 6 heteroatoms. The first kappa shape index (κ1) is 10.3. The van der Waals surface area contributed by atoms with Gasteiger partial charge in [0.1, 0.15) is 22.8 Å². The molecule has 82 valence electrons. The Morgan fingerprint density at radius 2 is 2.00 bits per heavy atom. The van der Waals surface area contributed by atoms with Gasteiger partial charge >= 0.3 is 0 Å². The average molecular weight is 224 g/mol. The van der Waals surface area contributed by atoms with Crippen molar-refractivity contribution in [2.75, 3.05) is 0 Å². The molecular weight excluding hydrogens is 218 g/mol. The highest BCUT2D eigenvalue weighted by molar-refractivity contribution is 5.95. The molecule has 0 radical (unpaired) electrons. The summed E-state index contributed by atoms with van der Waals surface area (Å²) in [7, 11) is 0. The van der Waals surface area contributed by atoms with Gasteiger partial charge in [0.2, 0.25) is 5.55 Å². The van der Waals surface area contributed by atoms with Crippen molar-refractivity contribution >= 4 is 16.9 Å². The fourth-order valence-electron chi connectivity index (χ4n) is 1.34. The first-order chi connectivity index (χ1) is 7.49. The quantitative estimate of drug-likeness (QED) is 0.765. The highest BCUT2D eigenvalue weighted by Crippen LogP contribution is 2.18.